The fourth-order valence-corrected chi connectivity index (χ4v) is 2.91. The van der Waals surface area contributed by atoms with Crippen molar-refractivity contribution in [2.75, 3.05) is 10.4 Å². The van der Waals surface area contributed by atoms with Gasteiger partial charge in [0.25, 0.3) is 10.0 Å². The molecule has 0 fully saturated rings. The van der Waals surface area contributed by atoms with Crippen LogP contribution in [0.3, 0.4) is 0 Å². The number of aromatic nitrogens is 2. The first-order valence-electron chi connectivity index (χ1n) is 5.78. The molecule has 112 valence electrons. The van der Waals surface area contributed by atoms with Crippen molar-refractivity contribution < 1.29 is 13.2 Å². The highest BCUT2D eigenvalue weighted by molar-refractivity contribution is 7.91. The standard InChI is InChI=1S/C11H13N5O3S2/c1-7-5-3-4-6-9(7)16(8(2)17)15-10-13-14-11(20-10)21(12,18)19/h3-6H,1-2H3,(H,13,15)(H2,12,18,19). The number of hydrogen-bond acceptors (Lipinski definition) is 7. The zero-order valence-corrected chi connectivity index (χ0v) is 12.9. The number of rotatable bonds is 4. The SMILES string of the molecule is CC(=O)N(Nc1nnc(S(N)(=O)=O)s1)c1ccccc1C. The van der Waals surface area contributed by atoms with Crippen LogP contribution in [0.5, 0.6) is 0 Å². The van der Waals surface area contributed by atoms with Crippen molar-refractivity contribution in [3.63, 3.8) is 0 Å². The van der Waals surface area contributed by atoms with Gasteiger partial charge in [0.2, 0.25) is 15.4 Å². The summed E-state index contributed by atoms with van der Waals surface area (Å²) < 4.78 is 22.0. The molecule has 2 aromatic rings. The molecule has 8 nitrogen and oxygen atoms in total. The van der Waals surface area contributed by atoms with Crippen LogP contribution in [0.25, 0.3) is 0 Å². The lowest BCUT2D eigenvalue weighted by molar-refractivity contribution is -0.116. The number of carbonyl (C=O) groups is 1. The van der Waals surface area contributed by atoms with Gasteiger partial charge in [-0.3, -0.25) is 10.2 Å². The van der Waals surface area contributed by atoms with Crippen LogP contribution in [0.4, 0.5) is 10.8 Å². The molecular weight excluding hydrogens is 314 g/mol. The Labute approximate surface area is 125 Å². The first-order chi connectivity index (χ1) is 9.79. The average molecular weight is 327 g/mol. The summed E-state index contributed by atoms with van der Waals surface area (Å²) in [5.74, 6) is -0.281. The van der Waals surface area contributed by atoms with Crippen LogP contribution in [-0.4, -0.2) is 24.5 Å². The fourth-order valence-electron chi connectivity index (χ4n) is 1.59. The molecule has 21 heavy (non-hydrogen) atoms. The highest BCUT2D eigenvalue weighted by atomic mass is 32.2. The van der Waals surface area contributed by atoms with Crippen molar-refractivity contribution in [1.29, 1.82) is 0 Å². The van der Waals surface area contributed by atoms with Crippen LogP contribution >= 0.6 is 11.3 Å². The largest absolute Gasteiger partial charge is 0.273 e. The van der Waals surface area contributed by atoms with E-state index in [-0.39, 0.29) is 15.4 Å². The lowest BCUT2D eigenvalue weighted by Gasteiger charge is -2.22. The number of sulfonamides is 1. The average Bonchev–Trinajstić information content (AvgIpc) is 2.85. The summed E-state index contributed by atoms with van der Waals surface area (Å²) in [6, 6.07) is 7.24. The molecule has 0 atom stereocenters. The molecule has 0 saturated heterocycles. The minimum atomic E-state index is -3.91. The monoisotopic (exact) mass is 327 g/mol. The van der Waals surface area contributed by atoms with Crippen molar-refractivity contribution in [3.05, 3.63) is 29.8 Å². The summed E-state index contributed by atoms with van der Waals surface area (Å²) in [7, 11) is -3.91. The third-order valence-corrected chi connectivity index (χ3v) is 4.67. The van der Waals surface area contributed by atoms with Crippen LogP contribution in [0, 0.1) is 6.92 Å². The molecule has 0 spiro atoms. The van der Waals surface area contributed by atoms with Crippen LogP contribution in [0.1, 0.15) is 12.5 Å². The lowest BCUT2D eigenvalue weighted by Crippen LogP contribution is -2.34. The molecule has 1 heterocycles. The number of anilines is 2. The van der Waals surface area contributed by atoms with Gasteiger partial charge in [-0.15, -0.1) is 10.2 Å². The highest BCUT2D eigenvalue weighted by Gasteiger charge is 2.19. The van der Waals surface area contributed by atoms with Crippen molar-refractivity contribution in [2.24, 2.45) is 5.14 Å². The Morgan fingerprint density at radius 3 is 2.52 bits per heavy atom. The van der Waals surface area contributed by atoms with E-state index in [1.54, 1.807) is 12.1 Å². The van der Waals surface area contributed by atoms with E-state index in [9.17, 15) is 13.2 Å². The molecule has 3 N–H and O–H groups in total. The molecule has 0 aliphatic carbocycles. The first-order valence-corrected chi connectivity index (χ1v) is 8.14. The molecule has 0 saturated carbocycles. The quantitative estimate of drug-likeness (QED) is 0.805. The predicted molar refractivity (Wildman–Crippen MR) is 79.2 cm³/mol. The number of nitrogens with zero attached hydrogens (tertiary/aromatic N) is 3. The van der Waals surface area contributed by atoms with E-state index in [1.807, 2.05) is 19.1 Å². The van der Waals surface area contributed by atoms with Gasteiger partial charge in [-0.1, -0.05) is 29.5 Å². The fraction of sp³-hybridized carbons (Fsp3) is 0.182. The maximum absolute atomic E-state index is 11.8. The molecule has 2 rings (SSSR count). The van der Waals surface area contributed by atoms with Crippen LogP contribution in [0.15, 0.2) is 28.6 Å². The summed E-state index contributed by atoms with van der Waals surface area (Å²) in [5, 5.41) is 13.5. The molecule has 1 amide bonds. The van der Waals surface area contributed by atoms with E-state index in [4.69, 9.17) is 5.14 Å². The molecule has 0 unspecified atom stereocenters. The summed E-state index contributed by atoms with van der Waals surface area (Å²) in [5.41, 5.74) is 4.24. The molecule has 0 aliphatic rings. The number of amides is 1. The normalized spacial score (nSPS) is 11.2. The van der Waals surface area contributed by atoms with Gasteiger partial charge in [-0.05, 0) is 18.6 Å². The van der Waals surface area contributed by atoms with Gasteiger partial charge in [-0.25, -0.2) is 18.6 Å². The second-order valence-corrected chi connectivity index (χ2v) is 6.88. The van der Waals surface area contributed by atoms with Crippen LogP contribution < -0.4 is 15.6 Å². The van der Waals surface area contributed by atoms with Crippen molar-refractivity contribution in [2.45, 2.75) is 18.2 Å². The van der Waals surface area contributed by atoms with E-state index < -0.39 is 10.0 Å². The number of primary sulfonamides is 1. The zero-order chi connectivity index (χ0) is 15.6. The van der Waals surface area contributed by atoms with E-state index >= 15 is 0 Å². The second kappa shape index (κ2) is 5.76. The summed E-state index contributed by atoms with van der Waals surface area (Å²) >= 11 is 0.746. The third-order valence-electron chi connectivity index (χ3n) is 2.53. The van der Waals surface area contributed by atoms with E-state index in [0.29, 0.717) is 5.69 Å². The van der Waals surface area contributed by atoms with Crippen LogP contribution in [-0.2, 0) is 14.8 Å². The molecule has 0 aliphatic heterocycles. The Hall–Kier alpha value is -2.04. The number of nitrogens with one attached hydrogen (secondary N) is 1. The topological polar surface area (TPSA) is 118 Å². The summed E-state index contributed by atoms with van der Waals surface area (Å²) in [4.78, 5) is 11.8. The van der Waals surface area contributed by atoms with Gasteiger partial charge in [0.05, 0.1) is 5.69 Å². The molecule has 10 heteroatoms. The summed E-state index contributed by atoms with van der Waals surface area (Å²) in [6.07, 6.45) is 0. The molecule has 0 radical (unpaired) electrons. The Morgan fingerprint density at radius 1 is 1.33 bits per heavy atom. The number of nitrogens with two attached hydrogens (primary N) is 1. The van der Waals surface area contributed by atoms with Gasteiger partial charge in [0.1, 0.15) is 0 Å². The third kappa shape index (κ3) is 3.54. The Morgan fingerprint density at radius 2 is 2.00 bits per heavy atom. The van der Waals surface area contributed by atoms with Gasteiger partial charge in [0.15, 0.2) is 0 Å². The second-order valence-electron chi connectivity index (χ2n) is 4.17. The van der Waals surface area contributed by atoms with Crippen LogP contribution in [0.2, 0.25) is 0 Å². The van der Waals surface area contributed by atoms with Gasteiger partial charge < -0.3 is 0 Å². The number of benzene rings is 1. The number of para-hydroxylation sites is 1. The Kier molecular flexibility index (Phi) is 4.21. The summed E-state index contributed by atoms with van der Waals surface area (Å²) in [6.45, 7) is 3.23. The van der Waals surface area contributed by atoms with E-state index in [2.05, 4.69) is 15.6 Å². The number of aryl methyl sites for hydroxylation is 1. The van der Waals surface area contributed by atoms with Crippen molar-refractivity contribution >= 4 is 38.1 Å². The molecule has 0 bridgehead atoms. The lowest BCUT2D eigenvalue weighted by atomic mass is 10.2. The Bertz CT molecular complexity index is 772. The number of carbonyl (C=O) groups excluding carboxylic acids is 1. The maximum atomic E-state index is 11.8. The van der Waals surface area contributed by atoms with E-state index in [1.165, 1.54) is 11.9 Å². The van der Waals surface area contributed by atoms with Crippen molar-refractivity contribution in [1.82, 2.24) is 10.2 Å². The number of hydrogen-bond donors (Lipinski definition) is 2. The van der Waals surface area contributed by atoms with Crippen molar-refractivity contribution in [3.8, 4) is 0 Å². The van der Waals surface area contributed by atoms with Gasteiger partial charge >= 0.3 is 0 Å². The van der Waals surface area contributed by atoms with Gasteiger partial charge in [0, 0.05) is 6.92 Å². The highest BCUT2D eigenvalue weighted by Crippen LogP contribution is 2.24. The van der Waals surface area contributed by atoms with Gasteiger partial charge in [-0.2, -0.15) is 0 Å². The smallest absolute Gasteiger partial charge is 0.267 e. The maximum Gasteiger partial charge on any atom is 0.267 e. The van der Waals surface area contributed by atoms with E-state index in [0.717, 1.165) is 16.9 Å². The molecular formula is C11H13N5O3S2. The Balaban J connectivity index is 2.32. The molecule has 1 aromatic heterocycles. The minimum Gasteiger partial charge on any atom is -0.273 e. The first kappa shape index (κ1) is 15.4. The minimum absolute atomic E-state index is 0.150. The predicted octanol–water partition coefficient (Wildman–Crippen LogP) is 0.874. The zero-order valence-electron chi connectivity index (χ0n) is 11.3. The number of hydrazine groups is 1. The molecule has 1 aromatic carbocycles.